The predicted octanol–water partition coefficient (Wildman–Crippen LogP) is 3.34. The summed E-state index contributed by atoms with van der Waals surface area (Å²) in [6.07, 6.45) is 1.34. The van der Waals surface area contributed by atoms with Gasteiger partial charge >= 0.3 is 0 Å². The summed E-state index contributed by atoms with van der Waals surface area (Å²) in [4.78, 5) is 16.0. The second-order valence-electron chi connectivity index (χ2n) is 3.89. The fourth-order valence-electron chi connectivity index (χ4n) is 1.60. The summed E-state index contributed by atoms with van der Waals surface area (Å²) in [5, 5.41) is 2.93. The van der Waals surface area contributed by atoms with Crippen LogP contribution in [0.25, 0.3) is 0 Å². The molecule has 2 rings (SSSR count). The molecule has 20 heavy (non-hydrogen) atoms. The van der Waals surface area contributed by atoms with Gasteiger partial charge in [0.25, 0.3) is 5.91 Å². The van der Waals surface area contributed by atoms with Crippen LogP contribution in [-0.4, -0.2) is 18.0 Å². The number of halogens is 2. The normalized spacial score (nSPS) is 10.2. The van der Waals surface area contributed by atoms with Crippen molar-refractivity contribution in [1.82, 2.24) is 4.98 Å². The van der Waals surface area contributed by atoms with Gasteiger partial charge in [0.15, 0.2) is 0 Å². The maximum absolute atomic E-state index is 12.2. The van der Waals surface area contributed by atoms with Gasteiger partial charge in [-0.05, 0) is 24.3 Å². The number of methoxy groups -OCH3 is 1. The molecule has 0 radical (unpaired) electrons. The summed E-state index contributed by atoms with van der Waals surface area (Å²) in [7, 11) is 1.52. The van der Waals surface area contributed by atoms with Crippen LogP contribution >= 0.6 is 27.5 Å². The van der Waals surface area contributed by atoms with Gasteiger partial charge in [-0.25, -0.2) is 4.98 Å². The molecule has 0 fully saturated rings. The van der Waals surface area contributed by atoms with E-state index in [1.54, 1.807) is 12.1 Å². The minimum absolute atomic E-state index is 0.200. The van der Waals surface area contributed by atoms with Crippen molar-refractivity contribution in [2.45, 2.75) is 0 Å². The van der Waals surface area contributed by atoms with E-state index in [2.05, 4.69) is 26.2 Å². The van der Waals surface area contributed by atoms with Gasteiger partial charge in [-0.3, -0.25) is 4.79 Å². The molecule has 1 aromatic carbocycles. The molecule has 0 aliphatic heterocycles. The number of hydrogen-bond acceptors (Lipinski definition) is 4. The maximum atomic E-state index is 12.2. The number of hydrogen-bond donors (Lipinski definition) is 2. The molecule has 1 aromatic heterocycles. The topological polar surface area (TPSA) is 77.2 Å². The highest BCUT2D eigenvalue weighted by molar-refractivity contribution is 9.10. The molecule has 0 spiro atoms. The molecule has 0 atom stereocenters. The fourth-order valence-corrected chi connectivity index (χ4v) is 2.12. The Balaban J connectivity index is 2.32. The van der Waals surface area contributed by atoms with E-state index in [4.69, 9.17) is 22.1 Å². The third kappa shape index (κ3) is 3.20. The van der Waals surface area contributed by atoms with Crippen molar-refractivity contribution in [2.24, 2.45) is 0 Å². The van der Waals surface area contributed by atoms with Crippen molar-refractivity contribution in [3.8, 4) is 5.75 Å². The molecular weight excluding hydrogens is 346 g/mol. The van der Waals surface area contributed by atoms with Gasteiger partial charge in [0.2, 0.25) is 0 Å². The van der Waals surface area contributed by atoms with Crippen LogP contribution in [0.15, 0.2) is 34.9 Å². The van der Waals surface area contributed by atoms with E-state index >= 15 is 0 Å². The average molecular weight is 357 g/mol. The van der Waals surface area contributed by atoms with Crippen LogP contribution in [0.1, 0.15) is 10.4 Å². The van der Waals surface area contributed by atoms with Crippen molar-refractivity contribution >= 4 is 44.8 Å². The minimum Gasteiger partial charge on any atom is -0.495 e. The summed E-state index contributed by atoms with van der Waals surface area (Å²) in [6, 6.07) is 6.70. The number of nitrogens with one attached hydrogen (secondary N) is 1. The Labute approximate surface area is 129 Å². The number of nitrogen functional groups attached to an aromatic ring is 1. The van der Waals surface area contributed by atoms with E-state index in [9.17, 15) is 4.79 Å². The van der Waals surface area contributed by atoms with E-state index in [0.717, 1.165) is 4.47 Å². The molecule has 104 valence electrons. The van der Waals surface area contributed by atoms with Gasteiger partial charge in [0, 0.05) is 4.47 Å². The van der Waals surface area contributed by atoms with Crippen LogP contribution in [-0.2, 0) is 0 Å². The van der Waals surface area contributed by atoms with Crippen LogP contribution in [0.5, 0.6) is 5.75 Å². The number of carbonyl (C=O) groups is 1. The third-order valence-electron chi connectivity index (χ3n) is 2.56. The predicted molar refractivity (Wildman–Crippen MR) is 82.3 cm³/mol. The second kappa shape index (κ2) is 6.11. The Morgan fingerprint density at radius 1 is 1.45 bits per heavy atom. The van der Waals surface area contributed by atoms with Crippen molar-refractivity contribution in [2.75, 3.05) is 18.2 Å². The molecule has 0 saturated carbocycles. The molecule has 1 heterocycles. The number of rotatable bonds is 3. The number of amides is 1. The summed E-state index contributed by atoms with van der Waals surface area (Å²) < 4.78 is 6.00. The highest BCUT2D eigenvalue weighted by atomic mass is 79.9. The van der Waals surface area contributed by atoms with Gasteiger partial charge < -0.3 is 15.8 Å². The van der Waals surface area contributed by atoms with Gasteiger partial charge in [-0.15, -0.1) is 0 Å². The number of anilines is 2. The van der Waals surface area contributed by atoms with Gasteiger partial charge in [0.05, 0.1) is 30.2 Å². The van der Waals surface area contributed by atoms with E-state index in [1.807, 2.05) is 6.07 Å². The van der Waals surface area contributed by atoms with Gasteiger partial charge in [-0.1, -0.05) is 27.5 Å². The number of aromatic nitrogens is 1. The largest absolute Gasteiger partial charge is 0.495 e. The Hall–Kier alpha value is -1.79. The van der Waals surface area contributed by atoms with Crippen molar-refractivity contribution in [3.63, 3.8) is 0 Å². The van der Waals surface area contributed by atoms with E-state index < -0.39 is 0 Å². The zero-order chi connectivity index (χ0) is 14.7. The SMILES string of the molecule is COc1ccc(Br)cc1NC(=O)c1cc(Cl)ncc1N. The lowest BCUT2D eigenvalue weighted by Crippen LogP contribution is -2.15. The monoisotopic (exact) mass is 355 g/mol. The second-order valence-corrected chi connectivity index (χ2v) is 5.20. The van der Waals surface area contributed by atoms with Gasteiger partial charge in [0.1, 0.15) is 10.9 Å². The number of nitrogens with zero attached hydrogens (tertiary/aromatic N) is 1. The number of benzene rings is 1. The zero-order valence-electron chi connectivity index (χ0n) is 10.5. The standard InChI is InChI=1S/C13H11BrClN3O2/c1-20-11-3-2-7(14)4-10(11)18-13(19)8-5-12(15)17-6-9(8)16/h2-6H,16H2,1H3,(H,18,19). The summed E-state index contributed by atoms with van der Waals surface area (Å²) in [5.41, 5.74) is 6.76. The molecular formula is C13H11BrClN3O2. The van der Waals surface area contributed by atoms with E-state index in [1.165, 1.54) is 19.4 Å². The van der Waals surface area contributed by atoms with Crippen LogP contribution in [0, 0.1) is 0 Å². The molecule has 0 unspecified atom stereocenters. The highest BCUT2D eigenvalue weighted by Crippen LogP contribution is 2.28. The zero-order valence-corrected chi connectivity index (χ0v) is 12.8. The molecule has 3 N–H and O–H groups in total. The number of pyridine rings is 1. The van der Waals surface area contributed by atoms with E-state index in [0.29, 0.717) is 11.4 Å². The van der Waals surface area contributed by atoms with Crippen molar-refractivity contribution in [3.05, 3.63) is 45.7 Å². The highest BCUT2D eigenvalue weighted by Gasteiger charge is 2.14. The summed E-state index contributed by atoms with van der Waals surface area (Å²) >= 11 is 9.10. The molecule has 0 aliphatic rings. The Morgan fingerprint density at radius 2 is 2.20 bits per heavy atom. The first-order valence-corrected chi connectivity index (χ1v) is 6.74. The summed E-state index contributed by atoms with van der Waals surface area (Å²) in [5.74, 6) is 0.156. The molecule has 0 bridgehead atoms. The molecule has 0 saturated heterocycles. The average Bonchev–Trinajstić information content (AvgIpc) is 2.41. The number of ether oxygens (including phenoxy) is 1. The molecule has 5 nitrogen and oxygen atoms in total. The van der Waals surface area contributed by atoms with E-state index in [-0.39, 0.29) is 22.3 Å². The smallest absolute Gasteiger partial charge is 0.258 e. The Kier molecular flexibility index (Phi) is 4.46. The molecule has 0 aliphatic carbocycles. The minimum atomic E-state index is -0.386. The van der Waals surface area contributed by atoms with Crippen LogP contribution in [0.2, 0.25) is 5.15 Å². The first-order chi connectivity index (χ1) is 9.51. The van der Waals surface area contributed by atoms with Crippen LogP contribution < -0.4 is 15.8 Å². The lowest BCUT2D eigenvalue weighted by Gasteiger charge is -2.11. The van der Waals surface area contributed by atoms with Crippen molar-refractivity contribution < 1.29 is 9.53 Å². The lowest BCUT2D eigenvalue weighted by molar-refractivity contribution is 0.102. The first kappa shape index (κ1) is 14.6. The molecule has 7 heteroatoms. The number of carbonyl (C=O) groups excluding carboxylic acids is 1. The number of nitrogens with two attached hydrogens (primary N) is 1. The Morgan fingerprint density at radius 3 is 2.90 bits per heavy atom. The van der Waals surface area contributed by atoms with Crippen molar-refractivity contribution in [1.29, 1.82) is 0 Å². The molecule has 1 amide bonds. The Bertz CT molecular complexity index is 664. The maximum Gasteiger partial charge on any atom is 0.258 e. The quantitative estimate of drug-likeness (QED) is 0.827. The third-order valence-corrected chi connectivity index (χ3v) is 3.26. The lowest BCUT2D eigenvalue weighted by atomic mass is 10.2. The fraction of sp³-hybridized carbons (Fsp3) is 0.0769. The van der Waals surface area contributed by atoms with Crippen LogP contribution in [0.3, 0.4) is 0 Å². The first-order valence-electron chi connectivity index (χ1n) is 5.57. The van der Waals surface area contributed by atoms with Crippen LogP contribution in [0.4, 0.5) is 11.4 Å². The summed E-state index contributed by atoms with van der Waals surface area (Å²) in [6.45, 7) is 0. The molecule has 2 aromatic rings. The van der Waals surface area contributed by atoms with Gasteiger partial charge in [-0.2, -0.15) is 0 Å².